The highest BCUT2D eigenvalue weighted by atomic mass is 16.5. The first-order chi connectivity index (χ1) is 12.3. The van der Waals surface area contributed by atoms with Gasteiger partial charge in [-0.05, 0) is 36.3 Å². The van der Waals surface area contributed by atoms with Gasteiger partial charge in [0.2, 0.25) is 0 Å². The SMILES string of the molecule is CCN(CC)CCNC(C#N)c1ccc(OCc2ccccc2)cc1. The maximum Gasteiger partial charge on any atom is 0.121 e. The van der Waals surface area contributed by atoms with E-state index in [0.29, 0.717) is 6.61 Å². The second-order valence-electron chi connectivity index (χ2n) is 5.89. The van der Waals surface area contributed by atoms with Gasteiger partial charge in [0.25, 0.3) is 0 Å². The van der Waals surface area contributed by atoms with E-state index in [-0.39, 0.29) is 6.04 Å². The lowest BCUT2D eigenvalue weighted by Gasteiger charge is -2.19. The van der Waals surface area contributed by atoms with Crippen molar-refractivity contribution in [3.05, 3.63) is 65.7 Å². The molecule has 0 aliphatic heterocycles. The zero-order valence-electron chi connectivity index (χ0n) is 15.1. The third kappa shape index (κ3) is 6.22. The number of likely N-dealkylation sites (N-methyl/N-ethyl adjacent to an activating group) is 1. The van der Waals surface area contributed by atoms with E-state index < -0.39 is 0 Å². The van der Waals surface area contributed by atoms with Gasteiger partial charge < -0.3 is 9.64 Å². The monoisotopic (exact) mass is 337 g/mol. The maximum absolute atomic E-state index is 9.42. The molecular formula is C21H27N3O. The molecule has 4 heteroatoms. The predicted octanol–water partition coefficient (Wildman–Crippen LogP) is 3.76. The van der Waals surface area contributed by atoms with Crippen LogP contribution in [0.5, 0.6) is 5.75 Å². The zero-order valence-corrected chi connectivity index (χ0v) is 15.1. The molecule has 1 unspecified atom stereocenters. The first-order valence-corrected chi connectivity index (χ1v) is 8.88. The molecule has 2 aromatic rings. The highest BCUT2D eigenvalue weighted by molar-refractivity contribution is 5.32. The molecule has 2 aromatic carbocycles. The minimum atomic E-state index is -0.293. The Morgan fingerprint density at radius 3 is 2.32 bits per heavy atom. The Bertz CT molecular complexity index is 645. The van der Waals surface area contributed by atoms with Crippen molar-refractivity contribution in [2.24, 2.45) is 0 Å². The van der Waals surface area contributed by atoms with Crippen molar-refractivity contribution in [3.8, 4) is 11.8 Å². The van der Waals surface area contributed by atoms with Gasteiger partial charge in [0.1, 0.15) is 18.4 Å². The lowest BCUT2D eigenvalue weighted by molar-refractivity contribution is 0.300. The largest absolute Gasteiger partial charge is 0.489 e. The van der Waals surface area contributed by atoms with Crippen molar-refractivity contribution < 1.29 is 4.74 Å². The first kappa shape index (κ1) is 19.0. The van der Waals surface area contributed by atoms with Crippen LogP contribution >= 0.6 is 0 Å². The van der Waals surface area contributed by atoms with Gasteiger partial charge in [0, 0.05) is 13.1 Å². The van der Waals surface area contributed by atoms with Crippen LogP contribution in [-0.2, 0) is 6.61 Å². The van der Waals surface area contributed by atoms with E-state index in [9.17, 15) is 5.26 Å². The molecule has 0 radical (unpaired) electrons. The van der Waals surface area contributed by atoms with Gasteiger partial charge in [-0.1, -0.05) is 56.3 Å². The van der Waals surface area contributed by atoms with Crippen LogP contribution < -0.4 is 10.1 Å². The summed E-state index contributed by atoms with van der Waals surface area (Å²) in [5.74, 6) is 0.812. The van der Waals surface area contributed by atoms with E-state index in [1.807, 2.05) is 54.6 Å². The van der Waals surface area contributed by atoms with Crippen LogP contribution in [0.1, 0.15) is 31.0 Å². The van der Waals surface area contributed by atoms with Crippen molar-refractivity contribution in [2.75, 3.05) is 26.2 Å². The molecule has 2 rings (SSSR count). The Morgan fingerprint density at radius 1 is 1.04 bits per heavy atom. The van der Waals surface area contributed by atoms with Gasteiger partial charge >= 0.3 is 0 Å². The second-order valence-corrected chi connectivity index (χ2v) is 5.89. The van der Waals surface area contributed by atoms with E-state index in [1.165, 1.54) is 0 Å². The van der Waals surface area contributed by atoms with Crippen molar-refractivity contribution in [3.63, 3.8) is 0 Å². The molecule has 1 atom stereocenters. The molecule has 0 aliphatic rings. The summed E-state index contributed by atoms with van der Waals surface area (Å²) >= 11 is 0. The van der Waals surface area contributed by atoms with E-state index in [1.54, 1.807) is 0 Å². The van der Waals surface area contributed by atoms with Crippen LogP contribution in [-0.4, -0.2) is 31.1 Å². The average Bonchev–Trinajstić information content (AvgIpc) is 2.68. The van der Waals surface area contributed by atoms with E-state index in [2.05, 4.69) is 30.1 Å². The van der Waals surface area contributed by atoms with E-state index >= 15 is 0 Å². The Morgan fingerprint density at radius 2 is 1.72 bits per heavy atom. The Kier molecular flexibility index (Phi) is 7.97. The topological polar surface area (TPSA) is 48.3 Å². The van der Waals surface area contributed by atoms with Crippen LogP contribution in [0.2, 0.25) is 0 Å². The molecule has 132 valence electrons. The molecule has 4 nitrogen and oxygen atoms in total. The molecule has 0 amide bonds. The van der Waals surface area contributed by atoms with Crippen LogP contribution in [0.15, 0.2) is 54.6 Å². The summed E-state index contributed by atoms with van der Waals surface area (Å²) in [6.07, 6.45) is 0. The number of benzene rings is 2. The van der Waals surface area contributed by atoms with Gasteiger partial charge in [-0.2, -0.15) is 5.26 Å². The molecule has 0 bridgehead atoms. The fourth-order valence-corrected chi connectivity index (χ4v) is 2.64. The molecule has 25 heavy (non-hydrogen) atoms. The lowest BCUT2D eigenvalue weighted by Crippen LogP contribution is -2.33. The molecular weight excluding hydrogens is 310 g/mol. The normalized spacial score (nSPS) is 11.9. The Hall–Kier alpha value is -2.35. The van der Waals surface area contributed by atoms with Crippen LogP contribution in [0, 0.1) is 11.3 Å². The molecule has 0 heterocycles. The molecule has 0 aromatic heterocycles. The highest BCUT2D eigenvalue weighted by Crippen LogP contribution is 2.18. The Labute approximate surface area is 151 Å². The average molecular weight is 337 g/mol. The summed E-state index contributed by atoms with van der Waals surface area (Å²) in [7, 11) is 0. The molecule has 1 N–H and O–H groups in total. The van der Waals surface area contributed by atoms with Gasteiger partial charge in [-0.25, -0.2) is 0 Å². The summed E-state index contributed by atoms with van der Waals surface area (Å²) < 4.78 is 5.79. The molecule has 0 fully saturated rings. The van der Waals surface area contributed by atoms with Crippen LogP contribution in [0.4, 0.5) is 0 Å². The summed E-state index contributed by atoms with van der Waals surface area (Å²) in [5.41, 5.74) is 2.11. The van der Waals surface area contributed by atoms with Gasteiger partial charge in [-0.15, -0.1) is 0 Å². The number of nitriles is 1. The fraction of sp³-hybridized carbons (Fsp3) is 0.381. The minimum Gasteiger partial charge on any atom is -0.489 e. The van der Waals surface area contributed by atoms with Crippen molar-refractivity contribution in [1.82, 2.24) is 10.2 Å². The minimum absolute atomic E-state index is 0.293. The number of ether oxygens (including phenoxy) is 1. The van der Waals surface area contributed by atoms with Crippen LogP contribution in [0.25, 0.3) is 0 Å². The zero-order chi connectivity index (χ0) is 17.9. The number of rotatable bonds is 10. The number of hydrogen-bond acceptors (Lipinski definition) is 4. The maximum atomic E-state index is 9.42. The number of nitrogens with zero attached hydrogens (tertiary/aromatic N) is 2. The summed E-state index contributed by atoms with van der Waals surface area (Å²) in [4.78, 5) is 2.34. The lowest BCUT2D eigenvalue weighted by atomic mass is 10.1. The van der Waals surface area contributed by atoms with E-state index in [4.69, 9.17) is 4.74 Å². The first-order valence-electron chi connectivity index (χ1n) is 8.88. The van der Waals surface area contributed by atoms with Gasteiger partial charge in [-0.3, -0.25) is 5.32 Å². The summed E-state index contributed by atoms with van der Waals surface area (Å²) in [5, 5.41) is 12.7. The van der Waals surface area contributed by atoms with Crippen molar-refractivity contribution in [1.29, 1.82) is 5.26 Å². The fourth-order valence-electron chi connectivity index (χ4n) is 2.64. The molecule has 0 saturated carbocycles. The predicted molar refractivity (Wildman–Crippen MR) is 101 cm³/mol. The summed E-state index contributed by atoms with van der Waals surface area (Å²) in [6.45, 7) is 8.66. The molecule has 0 aliphatic carbocycles. The van der Waals surface area contributed by atoms with Gasteiger partial charge in [0.15, 0.2) is 0 Å². The van der Waals surface area contributed by atoms with Crippen molar-refractivity contribution in [2.45, 2.75) is 26.5 Å². The van der Waals surface area contributed by atoms with Crippen LogP contribution in [0.3, 0.4) is 0 Å². The standard InChI is InChI=1S/C21H27N3O/c1-3-24(4-2)15-14-23-21(16-22)19-10-12-20(13-11-19)25-17-18-8-6-5-7-9-18/h5-13,21,23H,3-4,14-15,17H2,1-2H3. The molecule has 0 saturated heterocycles. The second kappa shape index (κ2) is 10.5. The molecule has 0 spiro atoms. The third-order valence-electron chi connectivity index (χ3n) is 4.26. The number of nitrogens with one attached hydrogen (secondary N) is 1. The van der Waals surface area contributed by atoms with E-state index in [0.717, 1.165) is 43.1 Å². The number of hydrogen-bond donors (Lipinski definition) is 1. The van der Waals surface area contributed by atoms with Crippen molar-refractivity contribution >= 4 is 0 Å². The Balaban J connectivity index is 1.85. The van der Waals surface area contributed by atoms with Gasteiger partial charge in [0.05, 0.1) is 6.07 Å². The quantitative estimate of drug-likeness (QED) is 0.717. The third-order valence-corrected chi connectivity index (χ3v) is 4.26. The smallest absolute Gasteiger partial charge is 0.121 e. The highest BCUT2D eigenvalue weighted by Gasteiger charge is 2.10. The summed E-state index contributed by atoms with van der Waals surface area (Å²) in [6, 6.07) is 19.9.